The number of aliphatic hydroxyl groups is 2. The molecule has 3 rings (SSSR count). The lowest BCUT2D eigenvalue weighted by atomic mass is 10.2. The van der Waals surface area contributed by atoms with E-state index in [-0.39, 0.29) is 51.2 Å². The van der Waals surface area contributed by atoms with Gasteiger partial charge in [0.05, 0.1) is 28.7 Å². The summed E-state index contributed by atoms with van der Waals surface area (Å²) < 4.78 is 22.6. The molecule has 0 saturated heterocycles. The van der Waals surface area contributed by atoms with Gasteiger partial charge in [0.25, 0.3) is 0 Å². The van der Waals surface area contributed by atoms with Gasteiger partial charge in [0.15, 0.2) is 28.1 Å². The number of nitrogen functional groups attached to an aromatic ring is 1. The summed E-state index contributed by atoms with van der Waals surface area (Å²) in [5.74, 6) is 0.471. The third-order valence-corrected chi connectivity index (χ3v) is 19.0. The van der Waals surface area contributed by atoms with E-state index < -0.39 is 26.5 Å². The molecule has 0 aliphatic rings. The van der Waals surface area contributed by atoms with Crippen LogP contribution in [-0.4, -0.2) is 81.4 Å². The number of nitro benzene ring substituents is 2. The first-order valence-electron chi connectivity index (χ1n) is 18.6. The lowest BCUT2D eigenvalue weighted by Gasteiger charge is -2.36. The molecule has 0 heterocycles. The Morgan fingerprint density at radius 3 is 1.43 bits per heavy atom. The average molecular weight is 911 g/mol. The van der Waals surface area contributed by atoms with Crippen LogP contribution in [0.1, 0.15) is 60.8 Å². The number of benzene rings is 3. The van der Waals surface area contributed by atoms with Crippen LogP contribution >= 0.6 is 34.8 Å². The Morgan fingerprint density at radius 2 is 1.00 bits per heavy atom. The monoisotopic (exact) mass is 909 g/mol. The predicted octanol–water partition coefficient (Wildman–Crippen LogP) is 11.1. The fraction of sp³-hybridized carbons (Fsp3) is 0.538. The molecular weight excluding hydrogens is 849 g/mol. The van der Waals surface area contributed by atoms with Crippen molar-refractivity contribution in [2.45, 2.75) is 97.1 Å². The first-order valence-corrected chi connectivity index (χ1v) is 25.5. The van der Waals surface area contributed by atoms with E-state index in [1.165, 1.54) is 24.3 Å². The SMILES string of the molecule is CC(C)(C)[Si](C)(C)OCCCO.CC(C)(C)[Si](C)(C)OCCCOc1ccc(Cl)cc1[N+](=O)[O-].Nc1cc(Cl)ccc1OCCCO.O=[N+]([O-])c1cc(Cl)ccc1O. The number of rotatable bonds is 16. The van der Waals surface area contributed by atoms with Gasteiger partial charge in [-0.15, -0.1) is 0 Å². The van der Waals surface area contributed by atoms with E-state index in [1.54, 1.807) is 24.3 Å². The second-order valence-corrected chi connectivity index (χ2v) is 26.8. The maximum atomic E-state index is 11.0. The van der Waals surface area contributed by atoms with Gasteiger partial charge in [-0.3, -0.25) is 20.2 Å². The molecular formula is C39H62Cl3N3O11Si2. The van der Waals surface area contributed by atoms with Crippen molar-refractivity contribution < 1.29 is 43.5 Å². The van der Waals surface area contributed by atoms with Crippen LogP contribution in [0.25, 0.3) is 0 Å². The summed E-state index contributed by atoms with van der Waals surface area (Å²) in [5.41, 5.74) is 5.66. The summed E-state index contributed by atoms with van der Waals surface area (Å²) in [7, 11) is -3.30. The van der Waals surface area contributed by atoms with E-state index in [4.69, 9.17) is 74.2 Å². The predicted molar refractivity (Wildman–Crippen MR) is 239 cm³/mol. The molecule has 328 valence electrons. The van der Waals surface area contributed by atoms with Gasteiger partial charge in [-0.05, 0) is 85.1 Å². The second kappa shape index (κ2) is 26.1. The number of nitro groups is 2. The number of aliphatic hydroxyl groups excluding tert-OH is 2. The van der Waals surface area contributed by atoms with Crippen LogP contribution in [0.2, 0.25) is 51.3 Å². The standard InChI is InChI=1S/C15H24ClNO4Si.C9H12ClNO2.C9H22O2Si.C6H4ClNO3/c1-15(2,3)22(4,5)21-10-6-9-20-14-8-7-12(16)11-13(14)17(18)19;10-7-2-3-9(8(11)6-7)13-5-1-4-12;1-9(2,3)12(4,5)11-8-6-7-10;7-4-1-2-6(9)5(3-4)8(10)11/h7-8,11H,6,9-10H2,1-5H3;2-3,6,12H,1,4-5,11H2;10H,6-8H2,1-5H3;1-3,9H. The van der Waals surface area contributed by atoms with E-state index >= 15 is 0 Å². The van der Waals surface area contributed by atoms with Crippen molar-refractivity contribution in [3.05, 3.63) is 89.9 Å². The molecule has 0 aliphatic heterocycles. The van der Waals surface area contributed by atoms with Crippen molar-refractivity contribution >= 4 is 68.5 Å². The maximum absolute atomic E-state index is 11.0. The average Bonchev–Trinajstić information content (AvgIpc) is 3.10. The number of nitrogens with two attached hydrogens (primary N) is 1. The molecule has 0 bridgehead atoms. The van der Waals surface area contributed by atoms with Crippen molar-refractivity contribution in [3.63, 3.8) is 0 Å². The number of hydrogen-bond acceptors (Lipinski definition) is 12. The topological polar surface area (TPSA) is 210 Å². The van der Waals surface area contributed by atoms with Crippen LogP contribution < -0.4 is 15.2 Å². The van der Waals surface area contributed by atoms with Crippen molar-refractivity contribution in [2.24, 2.45) is 0 Å². The molecule has 0 atom stereocenters. The Hall–Kier alpha value is -3.20. The Kier molecular flexibility index (Phi) is 24.7. The van der Waals surface area contributed by atoms with E-state index in [0.717, 1.165) is 12.5 Å². The molecule has 0 aromatic heterocycles. The lowest BCUT2D eigenvalue weighted by molar-refractivity contribution is -0.386. The number of halogens is 3. The molecule has 0 fully saturated rings. The molecule has 19 heteroatoms. The number of ether oxygens (including phenoxy) is 2. The minimum Gasteiger partial charge on any atom is -0.502 e. The van der Waals surface area contributed by atoms with Crippen molar-refractivity contribution in [2.75, 3.05) is 45.4 Å². The van der Waals surface area contributed by atoms with Crippen LogP contribution in [0.3, 0.4) is 0 Å². The zero-order chi connectivity index (χ0) is 44.9. The van der Waals surface area contributed by atoms with Gasteiger partial charge < -0.3 is 39.4 Å². The van der Waals surface area contributed by atoms with Crippen LogP contribution in [0, 0.1) is 20.2 Å². The van der Waals surface area contributed by atoms with Crippen LogP contribution in [-0.2, 0) is 8.85 Å². The zero-order valence-electron chi connectivity index (χ0n) is 35.3. The number of hydrogen-bond donors (Lipinski definition) is 4. The van der Waals surface area contributed by atoms with Gasteiger partial charge in [0, 0.05) is 66.5 Å². The molecule has 3 aromatic rings. The fourth-order valence-corrected chi connectivity index (χ4v) is 6.38. The van der Waals surface area contributed by atoms with Crippen molar-refractivity contribution in [1.82, 2.24) is 0 Å². The van der Waals surface area contributed by atoms with Gasteiger partial charge in [-0.2, -0.15) is 0 Å². The van der Waals surface area contributed by atoms with E-state index in [9.17, 15) is 20.2 Å². The molecule has 0 unspecified atom stereocenters. The summed E-state index contributed by atoms with van der Waals surface area (Å²) >= 11 is 16.9. The lowest BCUT2D eigenvalue weighted by Crippen LogP contribution is -2.41. The summed E-state index contributed by atoms with van der Waals surface area (Å²) in [6.07, 6.45) is 2.04. The Morgan fingerprint density at radius 1 is 0.621 bits per heavy atom. The zero-order valence-corrected chi connectivity index (χ0v) is 39.5. The highest BCUT2D eigenvalue weighted by Gasteiger charge is 2.37. The first kappa shape index (κ1) is 54.8. The highest BCUT2D eigenvalue weighted by molar-refractivity contribution is 6.74. The van der Waals surface area contributed by atoms with E-state index in [0.29, 0.717) is 60.8 Å². The Balaban J connectivity index is 0.000000783. The highest BCUT2D eigenvalue weighted by atomic mass is 35.5. The molecule has 3 aromatic carbocycles. The Bertz CT molecular complexity index is 1710. The smallest absolute Gasteiger partial charge is 0.312 e. The Labute approximate surface area is 360 Å². The van der Waals surface area contributed by atoms with Gasteiger partial charge >= 0.3 is 11.4 Å². The van der Waals surface area contributed by atoms with Gasteiger partial charge in [-0.25, -0.2) is 0 Å². The maximum Gasteiger partial charge on any atom is 0.312 e. The summed E-state index contributed by atoms with van der Waals surface area (Å²) in [4.78, 5) is 19.9. The van der Waals surface area contributed by atoms with Gasteiger partial charge in [0.2, 0.25) is 0 Å². The third kappa shape index (κ3) is 21.2. The number of anilines is 1. The third-order valence-electron chi connectivity index (χ3n) is 9.17. The van der Waals surface area contributed by atoms with Crippen molar-refractivity contribution in [3.8, 4) is 17.2 Å². The molecule has 0 radical (unpaired) electrons. The largest absolute Gasteiger partial charge is 0.502 e. The van der Waals surface area contributed by atoms with E-state index in [1.807, 2.05) is 0 Å². The summed E-state index contributed by atoms with van der Waals surface area (Å²) in [6, 6.07) is 13.1. The number of phenols is 1. The molecule has 0 saturated carbocycles. The molecule has 58 heavy (non-hydrogen) atoms. The minimum absolute atomic E-state index is 0.113. The first-order chi connectivity index (χ1) is 26.7. The summed E-state index contributed by atoms with van der Waals surface area (Å²) in [6.45, 7) is 24.5. The highest BCUT2D eigenvalue weighted by Crippen LogP contribution is 2.37. The van der Waals surface area contributed by atoms with Crippen LogP contribution in [0.15, 0.2) is 54.6 Å². The van der Waals surface area contributed by atoms with Crippen LogP contribution in [0.5, 0.6) is 17.2 Å². The normalized spacial score (nSPS) is 11.5. The quantitative estimate of drug-likeness (QED) is 0.0348. The summed E-state index contributed by atoms with van der Waals surface area (Å²) in [5, 5.41) is 48.7. The number of phenolic OH excluding ortho intramolecular Hbond substituents is 1. The second-order valence-electron chi connectivity index (χ2n) is 15.9. The molecule has 0 spiro atoms. The van der Waals surface area contributed by atoms with Gasteiger partial charge in [0.1, 0.15) is 5.75 Å². The van der Waals surface area contributed by atoms with Gasteiger partial charge in [-0.1, -0.05) is 76.3 Å². The van der Waals surface area contributed by atoms with Crippen LogP contribution in [0.4, 0.5) is 17.1 Å². The number of nitrogens with zero attached hydrogens (tertiary/aromatic N) is 2. The molecule has 14 nitrogen and oxygen atoms in total. The molecule has 0 aliphatic carbocycles. The minimum atomic E-state index is -1.75. The molecule has 5 N–H and O–H groups in total. The van der Waals surface area contributed by atoms with Crippen molar-refractivity contribution in [1.29, 1.82) is 0 Å². The molecule has 0 amide bonds. The fourth-order valence-electron chi connectivity index (χ4n) is 3.69. The van der Waals surface area contributed by atoms with E-state index in [2.05, 4.69) is 67.7 Å². The number of aromatic hydroxyl groups is 1.